The average molecular weight is 396 g/mol. The summed E-state index contributed by atoms with van der Waals surface area (Å²) in [7, 11) is 0. The molecule has 0 bridgehead atoms. The molecule has 0 saturated carbocycles. The van der Waals surface area contributed by atoms with Gasteiger partial charge in [-0.15, -0.1) is 0 Å². The van der Waals surface area contributed by atoms with Crippen molar-refractivity contribution < 1.29 is 14.3 Å². The van der Waals surface area contributed by atoms with Gasteiger partial charge in [0, 0.05) is 19.5 Å². The van der Waals surface area contributed by atoms with Crippen molar-refractivity contribution in [2.24, 2.45) is 11.8 Å². The Hall–Kier alpha value is -1.06. The summed E-state index contributed by atoms with van der Waals surface area (Å²) in [5.74, 6) is 0.304. The van der Waals surface area contributed by atoms with Crippen LogP contribution in [0, 0.1) is 11.8 Å². The number of hydrogen-bond donors (Lipinski definition) is 0. The van der Waals surface area contributed by atoms with Crippen molar-refractivity contribution in [2.45, 2.75) is 117 Å². The van der Waals surface area contributed by atoms with Crippen molar-refractivity contribution >= 4 is 11.9 Å². The lowest BCUT2D eigenvalue weighted by molar-refractivity contribution is -0.153. The Morgan fingerprint density at radius 2 is 1.64 bits per heavy atom. The van der Waals surface area contributed by atoms with Crippen molar-refractivity contribution in [1.29, 1.82) is 0 Å². The standard InChI is InChI=1S/C24H45NO3/c1-5-8-10-11-12-13-15-21(14-9-6-2)17-20(4)28-24(27)22-18-23(26)25(19-22)16-7-3/h20-22H,5-19H2,1-4H3. The van der Waals surface area contributed by atoms with Crippen LogP contribution in [0.1, 0.15) is 111 Å². The molecule has 0 aromatic rings. The first kappa shape index (κ1) is 25.0. The third kappa shape index (κ3) is 9.93. The maximum atomic E-state index is 12.5. The molecule has 1 aliphatic heterocycles. The van der Waals surface area contributed by atoms with E-state index < -0.39 is 0 Å². The van der Waals surface area contributed by atoms with E-state index in [2.05, 4.69) is 20.8 Å². The van der Waals surface area contributed by atoms with Gasteiger partial charge in [0.15, 0.2) is 0 Å². The van der Waals surface area contributed by atoms with E-state index in [9.17, 15) is 9.59 Å². The summed E-state index contributed by atoms with van der Waals surface area (Å²) in [5.41, 5.74) is 0. The Morgan fingerprint density at radius 3 is 2.32 bits per heavy atom. The lowest BCUT2D eigenvalue weighted by atomic mass is 9.90. The van der Waals surface area contributed by atoms with E-state index in [1.807, 2.05) is 6.92 Å². The molecule has 0 radical (unpaired) electrons. The van der Waals surface area contributed by atoms with Crippen LogP contribution in [0.5, 0.6) is 0 Å². The molecule has 0 aromatic heterocycles. The maximum absolute atomic E-state index is 12.5. The highest BCUT2D eigenvalue weighted by atomic mass is 16.5. The minimum absolute atomic E-state index is 0.0511. The fourth-order valence-electron chi connectivity index (χ4n) is 4.31. The number of carbonyl (C=O) groups is 2. The van der Waals surface area contributed by atoms with Gasteiger partial charge in [0.2, 0.25) is 5.91 Å². The predicted octanol–water partition coefficient (Wildman–Crippen LogP) is 6.12. The SMILES string of the molecule is CCCCCCCCC(CCCC)CC(C)OC(=O)C1CC(=O)N(CCC)C1. The molecule has 1 aliphatic rings. The molecule has 3 atom stereocenters. The van der Waals surface area contributed by atoms with Crippen molar-refractivity contribution in [1.82, 2.24) is 4.90 Å². The van der Waals surface area contributed by atoms with Gasteiger partial charge in [-0.1, -0.05) is 85.0 Å². The molecule has 0 aromatic carbocycles. The molecule has 4 nitrogen and oxygen atoms in total. The minimum atomic E-state index is -0.269. The van der Waals surface area contributed by atoms with Crippen molar-refractivity contribution in [2.75, 3.05) is 13.1 Å². The van der Waals surface area contributed by atoms with Crippen molar-refractivity contribution in [3.05, 3.63) is 0 Å². The summed E-state index contributed by atoms with van der Waals surface area (Å²) in [6.07, 6.45) is 15.1. The number of likely N-dealkylation sites (tertiary alicyclic amines) is 1. The van der Waals surface area contributed by atoms with Crippen molar-refractivity contribution in [3.8, 4) is 0 Å². The van der Waals surface area contributed by atoms with Gasteiger partial charge in [-0.3, -0.25) is 9.59 Å². The van der Waals surface area contributed by atoms with Crippen LogP contribution in [0.25, 0.3) is 0 Å². The fourth-order valence-corrected chi connectivity index (χ4v) is 4.31. The smallest absolute Gasteiger partial charge is 0.311 e. The quantitative estimate of drug-likeness (QED) is 0.233. The monoisotopic (exact) mass is 395 g/mol. The van der Waals surface area contributed by atoms with Crippen LogP contribution in [-0.4, -0.2) is 36.0 Å². The average Bonchev–Trinajstić information content (AvgIpc) is 3.03. The molecule has 1 amide bonds. The molecule has 1 fully saturated rings. The Kier molecular flexibility index (Phi) is 13.3. The topological polar surface area (TPSA) is 46.6 Å². The van der Waals surface area contributed by atoms with Crippen LogP contribution in [0.15, 0.2) is 0 Å². The number of esters is 1. The van der Waals surface area contributed by atoms with Crippen LogP contribution in [0.4, 0.5) is 0 Å². The van der Waals surface area contributed by atoms with E-state index in [1.54, 1.807) is 4.90 Å². The second kappa shape index (κ2) is 14.9. The van der Waals surface area contributed by atoms with Gasteiger partial charge in [0.05, 0.1) is 12.0 Å². The lowest BCUT2D eigenvalue weighted by Gasteiger charge is -2.22. The van der Waals surface area contributed by atoms with Crippen LogP contribution in [-0.2, 0) is 14.3 Å². The second-order valence-corrected chi connectivity index (χ2v) is 8.79. The van der Waals surface area contributed by atoms with Gasteiger partial charge in [-0.25, -0.2) is 0 Å². The normalized spacial score (nSPS) is 19.1. The summed E-state index contributed by atoms with van der Waals surface area (Å²) in [4.78, 5) is 26.3. The molecule has 0 spiro atoms. The van der Waals surface area contributed by atoms with E-state index in [0.717, 1.165) is 19.4 Å². The van der Waals surface area contributed by atoms with Gasteiger partial charge >= 0.3 is 5.97 Å². The zero-order valence-electron chi connectivity index (χ0n) is 19.0. The molecule has 164 valence electrons. The Morgan fingerprint density at radius 1 is 1.00 bits per heavy atom. The number of carbonyl (C=O) groups excluding carboxylic acids is 2. The lowest BCUT2D eigenvalue weighted by Crippen LogP contribution is -2.29. The Balaban J connectivity index is 2.37. The summed E-state index contributed by atoms with van der Waals surface area (Å²) in [5, 5.41) is 0. The predicted molar refractivity (Wildman–Crippen MR) is 116 cm³/mol. The molecule has 1 rings (SSSR count). The van der Waals surface area contributed by atoms with Gasteiger partial charge in [-0.05, 0) is 25.7 Å². The maximum Gasteiger partial charge on any atom is 0.311 e. The van der Waals surface area contributed by atoms with Crippen molar-refractivity contribution in [3.63, 3.8) is 0 Å². The van der Waals surface area contributed by atoms with Crippen LogP contribution in [0.2, 0.25) is 0 Å². The number of nitrogens with zero attached hydrogens (tertiary/aromatic N) is 1. The molecule has 0 aliphatic carbocycles. The third-order valence-electron chi connectivity index (χ3n) is 5.96. The highest BCUT2D eigenvalue weighted by Gasteiger charge is 2.35. The van der Waals surface area contributed by atoms with E-state index in [0.29, 0.717) is 18.9 Å². The van der Waals surface area contributed by atoms with E-state index >= 15 is 0 Å². The van der Waals surface area contributed by atoms with Crippen LogP contribution >= 0.6 is 0 Å². The van der Waals surface area contributed by atoms with Gasteiger partial charge < -0.3 is 9.64 Å². The van der Waals surface area contributed by atoms with Gasteiger partial charge in [0.1, 0.15) is 0 Å². The first-order valence-electron chi connectivity index (χ1n) is 12.0. The first-order chi connectivity index (χ1) is 13.5. The molecular formula is C24H45NO3. The second-order valence-electron chi connectivity index (χ2n) is 8.79. The number of amides is 1. The summed E-state index contributed by atoms with van der Waals surface area (Å²) < 4.78 is 5.76. The zero-order valence-corrected chi connectivity index (χ0v) is 19.0. The zero-order chi connectivity index (χ0) is 20.8. The number of ether oxygens (including phenoxy) is 1. The van der Waals surface area contributed by atoms with Gasteiger partial charge in [-0.2, -0.15) is 0 Å². The number of unbranched alkanes of at least 4 members (excludes halogenated alkanes) is 6. The Bertz CT molecular complexity index is 438. The highest BCUT2D eigenvalue weighted by molar-refractivity contribution is 5.86. The summed E-state index contributed by atoms with van der Waals surface area (Å²) in [6, 6.07) is 0. The number of rotatable bonds is 16. The minimum Gasteiger partial charge on any atom is -0.462 e. The summed E-state index contributed by atoms with van der Waals surface area (Å²) in [6.45, 7) is 9.86. The van der Waals surface area contributed by atoms with Crippen LogP contribution < -0.4 is 0 Å². The molecule has 1 heterocycles. The number of hydrogen-bond acceptors (Lipinski definition) is 3. The van der Waals surface area contributed by atoms with E-state index in [1.165, 1.54) is 64.2 Å². The van der Waals surface area contributed by atoms with Crippen LogP contribution in [0.3, 0.4) is 0 Å². The fraction of sp³-hybridized carbons (Fsp3) is 0.917. The van der Waals surface area contributed by atoms with Gasteiger partial charge in [0.25, 0.3) is 0 Å². The molecule has 1 saturated heterocycles. The molecule has 0 N–H and O–H groups in total. The first-order valence-corrected chi connectivity index (χ1v) is 12.0. The molecular weight excluding hydrogens is 350 g/mol. The van der Waals surface area contributed by atoms with E-state index in [-0.39, 0.29) is 23.9 Å². The largest absolute Gasteiger partial charge is 0.462 e. The highest BCUT2D eigenvalue weighted by Crippen LogP contribution is 2.25. The Labute approximate surface area is 173 Å². The molecule has 3 unspecified atom stereocenters. The molecule has 28 heavy (non-hydrogen) atoms. The summed E-state index contributed by atoms with van der Waals surface area (Å²) >= 11 is 0. The third-order valence-corrected chi connectivity index (χ3v) is 5.96. The van der Waals surface area contributed by atoms with E-state index in [4.69, 9.17) is 4.74 Å². The molecule has 4 heteroatoms.